The Kier molecular flexibility index (Phi) is 12.6. The summed E-state index contributed by atoms with van der Waals surface area (Å²) in [6.45, 7) is 3.18. The van der Waals surface area contributed by atoms with Crippen LogP contribution >= 0.6 is 0 Å². The van der Waals surface area contributed by atoms with Crippen LogP contribution in [0.3, 0.4) is 0 Å². The molecule has 2 heterocycles. The summed E-state index contributed by atoms with van der Waals surface area (Å²) in [5, 5.41) is 4.52. The molecule has 0 saturated carbocycles. The van der Waals surface area contributed by atoms with Gasteiger partial charge in [0.1, 0.15) is 6.23 Å². The SMILES string of the molecule is CCCCCCCCCCCCCCCCc1ccnn1[C@@H]1CCCCO1. The molecular weight excluding hydrogens is 332 g/mol. The maximum Gasteiger partial charge on any atom is 0.150 e. The smallest absolute Gasteiger partial charge is 0.150 e. The fraction of sp³-hybridized carbons (Fsp3) is 0.875. The van der Waals surface area contributed by atoms with Crippen molar-refractivity contribution < 1.29 is 4.74 Å². The molecule has 0 unspecified atom stereocenters. The predicted molar refractivity (Wildman–Crippen MR) is 115 cm³/mol. The number of rotatable bonds is 16. The third-order valence-corrected chi connectivity index (χ3v) is 5.97. The van der Waals surface area contributed by atoms with Crippen molar-refractivity contribution in [1.29, 1.82) is 0 Å². The first-order valence-electron chi connectivity index (χ1n) is 12.1. The van der Waals surface area contributed by atoms with Gasteiger partial charge in [-0.05, 0) is 38.2 Å². The van der Waals surface area contributed by atoms with Gasteiger partial charge in [0, 0.05) is 18.5 Å². The molecule has 3 nitrogen and oxygen atoms in total. The molecule has 0 bridgehead atoms. The number of hydrogen-bond donors (Lipinski definition) is 0. The quantitative estimate of drug-likeness (QED) is 0.278. The molecule has 0 N–H and O–H groups in total. The van der Waals surface area contributed by atoms with Gasteiger partial charge in [0.2, 0.25) is 0 Å². The van der Waals surface area contributed by atoms with Crippen molar-refractivity contribution in [3.63, 3.8) is 0 Å². The molecular formula is C24H44N2O. The Labute approximate surface area is 168 Å². The van der Waals surface area contributed by atoms with Crippen molar-refractivity contribution in [1.82, 2.24) is 9.78 Å². The Morgan fingerprint density at radius 3 is 2.00 bits per heavy atom. The normalized spacial score (nSPS) is 17.4. The van der Waals surface area contributed by atoms with Crippen LogP contribution in [0.1, 0.15) is 128 Å². The van der Waals surface area contributed by atoms with Crippen LogP contribution in [0.4, 0.5) is 0 Å². The van der Waals surface area contributed by atoms with E-state index in [2.05, 4.69) is 22.8 Å². The van der Waals surface area contributed by atoms with Gasteiger partial charge in [-0.25, -0.2) is 4.68 Å². The lowest BCUT2D eigenvalue weighted by Crippen LogP contribution is -2.20. The maximum absolute atomic E-state index is 5.89. The molecule has 1 aromatic rings. The second-order valence-corrected chi connectivity index (χ2v) is 8.43. The van der Waals surface area contributed by atoms with E-state index in [0.29, 0.717) is 0 Å². The van der Waals surface area contributed by atoms with Gasteiger partial charge < -0.3 is 4.74 Å². The number of nitrogens with zero attached hydrogens (tertiary/aromatic N) is 2. The Balaban J connectivity index is 1.39. The molecule has 1 aliphatic rings. The molecule has 0 spiro atoms. The third kappa shape index (κ3) is 9.78. The molecule has 1 fully saturated rings. The van der Waals surface area contributed by atoms with Gasteiger partial charge in [0.15, 0.2) is 0 Å². The van der Waals surface area contributed by atoms with Crippen molar-refractivity contribution in [2.75, 3.05) is 6.61 Å². The number of aryl methyl sites for hydroxylation is 1. The molecule has 3 heteroatoms. The van der Waals surface area contributed by atoms with Crippen molar-refractivity contribution in [3.05, 3.63) is 18.0 Å². The Hall–Kier alpha value is -0.830. The summed E-state index contributed by atoms with van der Waals surface area (Å²) in [7, 11) is 0. The summed E-state index contributed by atoms with van der Waals surface area (Å²) < 4.78 is 8.03. The molecule has 156 valence electrons. The topological polar surface area (TPSA) is 27.1 Å². The van der Waals surface area contributed by atoms with Crippen LogP contribution in [0.15, 0.2) is 12.3 Å². The molecule has 1 aromatic heterocycles. The van der Waals surface area contributed by atoms with E-state index in [9.17, 15) is 0 Å². The van der Waals surface area contributed by atoms with E-state index in [1.54, 1.807) is 0 Å². The molecule has 27 heavy (non-hydrogen) atoms. The summed E-state index contributed by atoms with van der Waals surface area (Å²) in [6, 6.07) is 2.18. The van der Waals surface area contributed by atoms with E-state index in [1.807, 2.05) is 6.20 Å². The summed E-state index contributed by atoms with van der Waals surface area (Å²) >= 11 is 0. The predicted octanol–water partition coefficient (Wildman–Crippen LogP) is 7.61. The van der Waals surface area contributed by atoms with Crippen LogP contribution < -0.4 is 0 Å². The molecule has 0 aromatic carbocycles. The Morgan fingerprint density at radius 2 is 1.44 bits per heavy atom. The molecule has 0 aliphatic carbocycles. The minimum absolute atomic E-state index is 0.190. The second kappa shape index (κ2) is 15.1. The number of aromatic nitrogens is 2. The van der Waals surface area contributed by atoms with Crippen LogP contribution in [0.2, 0.25) is 0 Å². The van der Waals surface area contributed by atoms with Crippen LogP contribution in [0.5, 0.6) is 0 Å². The largest absolute Gasteiger partial charge is 0.357 e. The van der Waals surface area contributed by atoms with E-state index in [1.165, 1.54) is 108 Å². The van der Waals surface area contributed by atoms with E-state index in [4.69, 9.17) is 4.74 Å². The van der Waals surface area contributed by atoms with Gasteiger partial charge in [-0.15, -0.1) is 0 Å². The lowest BCUT2D eigenvalue weighted by molar-refractivity contribution is -0.0411. The zero-order valence-corrected chi connectivity index (χ0v) is 18.0. The van der Waals surface area contributed by atoms with Crippen molar-refractivity contribution in [2.24, 2.45) is 0 Å². The monoisotopic (exact) mass is 376 g/mol. The van der Waals surface area contributed by atoms with Crippen molar-refractivity contribution >= 4 is 0 Å². The minimum Gasteiger partial charge on any atom is -0.357 e. The Bertz CT molecular complexity index is 451. The number of ether oxygens (including phenoxy) is 1. The summed E-state index contributed by atoms with van der Waals surface area (Å²) in [5.74, 6) is 0. The molecule has 1 saturated heterocycles. The number of hydrogen-bond acceptors (Lipinski definition) is 2. The fourth-order valence-corrected chi connectivity index (χ4v) is 4.22. The first-order valence-corrected chi connectivity index (χ1v) is 12.1. The van der Waals surface area contributed by atoms with Crippen LogP contribution in [-0.4, -0.2) is 16.4 Å². The molecule has 2 rings (SSSR count). The summed E-state index contributed by atoms with van der Waals surface area (Å²) in [6.07, 6.45) is 26.7. The maximum atomic E-state index is 5.89. The van der Waals surface area contributed by atoms with Gasteiger partial charge >= 0.3 is 0 Å². The van der Waals surface area contributed by atoms with Gasteiger partial charge in [0.05, 0.1) is 0 Å². The van der Waals surface area contributed by atoms with Gasteiger partial charge in [-0.2, -0.15) is 5.10 Å². The Morgan fingerprint density at radius 1 is 0.852 bits per heavy atom. The van der Waals surface area contributed by atoms with E-state index >= 15 is 0 Å². The third-order valence-electron chi connectivity index (χ3n) is 5.97. The van der Waals surface area contributed by atoms with Crippen LogP contribution in [0, 0.1) is 0 Å². The lowest BCUT2D eigenvalue weighted by Gasteiger charge is -2.24. The molecule has 1 atom stereocenters. The lowest BCUT2D eigenvalue weighted by atomic mass is 10.0. The van der Waals surface area contributed by atoms with Gasteiger partial charge in [-0.3, -0.25) is 0 Å². The molecule has 0 amide bonds. The average molecular weight is 377 g/mol. The van der Waals surface area contributed by atoms with Gasteiger partial charge in [-0.1, -0.05) is 90.4 Å². The second-order valence-electron chi connectivity index (χ2n) is 8.43. The van der Waals surface area contributed by atoms with E-state index in [0.717, 1.165) is 19.4 Å². The highest BCUT2D eigenvalue weighted by molar-refractivity contribution is 5.01. The first-order chi connectivity index (χ1) is 13.4. The first kappa shape index (κ1) is 22.5. The fourth-order valence-electron chi connectivity index (χ4n) is 4.22. The van der Waals surface area contributed by atoms with Crippen molar-refractivity contribution in [2.45, 2.75) is 129 Å². The number of unbranched alkanes of at least 4 members (excludes halogenated alkanes) is 13. The van der Waals surface area contributed by atoms with Crippen LogP contribution in [0.25, 0.3) is 0 Å². The average Bonchev–Trinajstić information content (AvgIpc) is 3.17. The minimum atomic E-state index is 0.190. The zero-order valence-electron chi connectivity index (χ0n) is 18.0. The summed E-state index contributed by atoms with van der Waals surface area (Å²) in [5.41, 5.74) is 1.36. The molecule has 0 radical (unpaired) electrons. The summed E-state index contributed by atoms with van der Waals surface area (Å²) in [4.78, 5) is 0. The highest BCUT2D eigenvalue weighted by Gasteiger charge is 2.18. The van der Waals surface area contributed by atoms with Gasteiger partial charge in [0.25, 0.3) is 0 Å². The standard InChI is InChI=1S/C24H44N2O/c1-2-3-4-5-6-7-8-9-10-11-12-13-14-15-18-23-20-21-25-26(23)24-19-16-17-22-27-24/h20-21,24H,2-19,22H2,1H3/t24-/m0/s1. The highest BCUT2D eigenvalue weighted by atomic mass is 16.5. The van der Waals surface area contributed by atoms with E-state index < -0.39 is 0 Å². The zero-order chi connectivity index (χ0) is 19.0. The van der Waals surface area contributed by atoms with Crippen molar-refractivity contribution in [3.8, 4) is 0 Å². The van der Waals surface area contributed by atoms with Crippen LogP contribution in [-0.2, 0) is 11.2 Å². The van der Waals surface area contributed by atoms with E-state index in [-0.39, 0.29) is 6.23 Å². The highest BCUT2D eigenvalue weighted by Crippen LogP contribution is 2.24. The molecule has 1 aliphatic heterocycles.